The summed E-state index contributed by atoms with van der Waals surface area (Å²) in [7, 11) is 0. The predicted octanol–water partition coefficient (Wildman–Crippen LogP) is 1.70. The van der Waals surface area contributed by atoms with E-state index in [1.165, 1.54) is 6.07 Å². The first-order valence-electron chi connectivity index (χ1n) is 3.73. The molecule has 0 bridgehead atoms. The zero-order valence-corrected chi connectivity index (χ0v) is 7.45. The van der Waals surface area contributed by atoms with E-state index in [0.29, 0.717) is 13.2 Å². The number of ether oxygens (including phenoxy) is 2. The van der Waals surface area contributed by atoms with Crippen molar-refractivity contribution in [1.82, 2.24) is 0 Å². The van der Waals surface area contributed by atoms with Gasteiger partial charge in [-0.3, -0.25) is 10.1 Å². The van der Waals surface area contributed by atoms with Crippen LogP contribution in [-0.2, 0) is 9.47 Å². The monoisotopic (exact) mass is 201 g/mol. The third kappa shape index (κ3) is 1.69. The lowest BCUT2D eigenvalue weighted by atomic mass is 10.3. The first-order chi connectivity index (χ1) is 6.27. The van der Waals surface area contributed by atoms with Crippen LogP contribution in [0.15, 0.2) is 11.4 Å². The van der Waals surface area contributed by atoms with Crippen LogP contribution in [0.2, 0.25) is 0 Å². The molecule has 0 amide bonds. The van der Waals surface area contributed by atoms with E-state index in [9.17, 15) is 10.1 Å². The van der Waals surface area contributed by atoms with Crippen LogP contribution in [0, 0.1) is 10.1 Å². The summed E-state index contributed by atoms with van der Waals surface area (Å²) in [5, 5.41) is 12.2. The summed E-state index contributed by atoms with van der Waals surface area (Å²) in [5.41, 5.74) is 0.731. The Bertz CT molecular complexity index is 318. The fourth-order valence-corrected chi connectivity index (χ4v) is 1.84. The summed E-state index contributed by atoms with van der Waals surface area (Å²) in [5.74, 6) is 0. The van der Waals surface area contributed by atoms with Crippen molar-refractivity contribution in [3.8, 4) is 0 Å². The van der Waals surface area contributed by atoms with E-state index in [4.69, 9.17) is 9.47 Å². The van der Waals surface area contributed by atoms with Crippen molar-refractivity contribution in [1.29, 1.82) is 0 Å². The van der Waals surface area contributed by atoms with Gasteiger partial charge >= 0.3 is 5.00 Å². The summed E-state index contributed by atoms with van der Waals surface area (Å²) >= 11 is 1.09. The van der Waals surface area contributed by atoms with Gasteiger partial charge < -0.3 is 9.47 Å². The van der Waals surface area contributed by atoms with Gasteiger partial charge in [-0.1, -0.05) is 11.3 Å². The Morgan fingerprint density at radius 1 is 1.54 bits per heavy atom. The van der Waals surface area contributed by atoms with Crippen molar-refractivity contribution in [2.24, 2.45) is 0 Å². The highest BCUT2D eigenvalue weighted by molar-refractivity contribution is 7.13. The van der Waals surface area contributed by atoms with Gasteiger partial charge in [0.2, 0.25) is 0 Å². The molecule has 1 aliphatic heterocycles. The van der Waals surface area contributed by atoms with Crippen LogP contribution in [0.5, 0.6) is 0 Å². The zero-order chi connectivity index (χ0) is 9.26. The van der Waals surface area contributed by atoms with Crippen molar-refractivity contribution >= 4 is 16.3 Å². The molecule has 2 heterocycles. The molecule has 0 radical (unpaired) electrons. The highest BCUT2D eigenvalue weighted by Gasteiger charge is 2.22. The van der Waals surface area contributed by atoms with Gasteiger partial charge in [0.05, 0.1) is 18.1 Å². The molecule has 0 aromatic carbocycles. The molecule has 1 aromatic rings. The number of hydrogen-bond acceptors (Lipinski definition) is 5. The van der Waals surface area contributed by atoms with Gasteiger partial charge in [0.1, 0.15) is 0 Å². The molecular formula is C7H7NO4S. The van der Waals surface area contributed by atoms with Crippen LogP contribution >= 0.6 is 11.3 Å². The van der Waals surface area contributed by atoms with Crippen molar-refractivity contribution < 1.29 is 14.4 Å². The zero-order valence-electron chi connectivity index (χ0n) is 6.63. The number of nitro groups is 1. The lowest BCUT2D eigenvalue weighted by Crippen LogP contribution is -1.95. The molecule has 0 aliphatic carbocycles. The Hall–Kier alpha value is -0.980. The van der Waals surface area contributed by atoms with Gasteiger partial charge in [0.25, 0.3) is 0 Å². The molecule has 2 rings (SSSR count). The average molecular weight is 201 g/mol. The summed E-state index contributed by atoms with van der Waals surface area (Å²) in [4.78, 5) is 9.95. The first kappa shape index (κ1) is 8.61. The van der Waals surface area contributed by atoms with Crippen LogP contribution in [0.4, 0.5) is 5.00 Å². The number of rotatable bonds is 2. The van der Waals surface area contributed by atoms with E-state index >= 15 is 0 Å². The lowest BCUT2D eigenvalue weighted by Gasteiger charge is -2.03. The topological polar surface area (TPSA) is 61.6 Å². The Labute approximate surface area is 78.0 Å². The highest BCUT2D eigenvalue weighted by atomic mass is 32.1. The summed E-state index contributed by atoms with van der Waals surface area (Å²) < 4.78 is 10.4. The number of hydrogen-bond donors (Lipinski definition) is 0. The summed E-state index contributed by atoms with van der Waals surface area (Å²) in [6.07, 6.45) is -0.412. The molecule has 0 spiro atoms. The van der Waals surface area contributed by atoms with E-state index in [2.05, 4.69) is 0 Å². The average Bonchev–Trinajstić information content (AvgIpc) is 2.75. The molecule has 0 saturated carbocycles. The standard InChI is InChI=1S/C7H7NO4S/c9-8(10)6-3-5(4-13-6)7-11-1-2-12-7/h3-4,7H,1-2H2. The van der Waals surface area contributed by atoms with E-state index in [-0.39, 0.29) is 5.00 Å². The number of thiophene rings is 1. The molecule has 0 N–H and O–H groups in total. The summed E-state index contributed by atoms with van der Waals surface area (Å²) in [6.45, 7) is 1.10. The van der Waals surface area contributed by atoms with E-state index in [0.717, 1.165) is 16.9 Å². The van der Waals surface area contributed by atoms with Gasteiger partial charge in [-0.15, -0.1) is 0 Å². The van der Waals surface area contributed by atoms with Crippen molar-refractivity contribution in [3.05, 3.63) is 27.1 Å². The van der Waals surface area contributed by atoms with Crippen LogP contribution in [0.3, 0.4) is 0 Å². The maximum absolute atomic E-state index is 10.4. The lowest BCUT2D eigenvalue weighted by molar-refractivity contribution is -0.380. The number of nitrogens with zero attached hydrogens (tertiary/aromatic N) is 1. The molecular weight excluding hydrogens is 194 g/mol. The van der Waals surface area contributed by atoms with Gasteiger partial charge in [0.15, 0.2) is 6.29 Å². The molecule has 1 saturated heterocycles. The smallest absolute Gasteiger partial charge is 0.324 e. The predicted molar refractivity (Wildman–Crippen MR) is 45.6 cm³/mol. The molecule has 1 fully saturated rings. The van der Waals surface area contributed by atoms with Gasteiger partial charge in [-0.2, -0.15) is 0 Å². The van der Waals surface area contributed by atoms with E-state index in [1.807, 2.05) is 0 Å². The van der Waals surface area contributed by atoms with Gasteiger partial charge in [-0.25, -0.2) is 0 Å². The van der Waals surface area contributed by atoms with E-state index < -0.39 is 11.2 Å². The SMILES string of the molecule is O=[N+]([O-])c1cc(C2OCCO2)cs1. The Kier molecular flexibility index (Phi) is 2.26. The molecule has 6 heteroatoms. The Morgan fingerprint density at radius 2 is 2.23 bits per heavy atom. The van der Waals surface area contributed by atoms with E-state index in [1.54, 1.807) is 5.38 Å². The van der Waals surface area contributed by atoms with Crippen LogP contribution in [0.1, 0.15) is 11.9 Å². The van der Waals surface area contributed by atoms with Gasteiger partial charge in [-0.05, 0) is 0 Å². The maximum atomic E-state index is 10.4. The molecule has 70 valence electrons. The van der Waals surface area contributed by atoms with Crippen molar-refractivity contribution in [2.45, 2.75) is 6.29 Å². The third-order valence-corrected chi connectivity index (χ3v) is 2.58. The first-order valence-corrected chi connectivity index (χ1v) is 4.61. The second-order valence-corrected chi connectivity index (χ2v) is 3.44. The fourth-order valence-electron chi connectivity index (χ4n) is 1.11. The Morgan fingerprint density at radius 3 is 2.77 bits per heavy atom. The fraction of sp³-hybridized carbons (Fsp3) is 0.429. The van der Waals surface area contributed by atoms with Crippen molar-refractivity contribution in [2.75, 3.05) is 13.2 Å². The van der Waals surface area contributed by atoms with Crippen LogP contribution < -0.4 is 0 Å². The summed E-state index contributed by atoms with van der Waals surface area (Å²) in [6, 6.07) is 1.49. The maximum Gasteiger partial charge on any atom is 0.324 e. The van der Waals surface area contributed by atoms with Crippen LogP contribution in [0.25, 0.3) is 0 Å². The minimum atomic E-state index is -0.414. The Balaban J connectivity index is 2.16. The highest BCUT2D eigenvalue weighted by Crippen LogP contribution is 2.31. The normalized spacial score (nSPS) is 17.8. The minimum absolute atomic E-state index is 0.120. The third-order valence-electron chi connectivity index (χ3n) is 1.68. The molecule has 1 aliphatic rings. The molecule has 5 nitrogen and oxygen atoms in total. The molecule has 0 unspecified atom stereocenters. The molecule has 1 aromatic heterocycles. The van der Waals surface area contributed by atoms with Crippen LogP contribution in [-0.4, -0.2) is 18.1 Å². The second-order valence-electron chi connectivity index (χ2n) is 2.55. The minimum Gasteiger partial charge on any atom is -0.346 e. The molecule has 0 atom stereocenters. The largest absolute Gasteiger partial charge is 0.346 e. The quantitative estimate of drug-likeness (QED) is 0.539. The molecule has 13 heavy (non-hydrogen) atoms. The van der Waals surface area contributed by atoms with Gasteiger partial charge in [0, 0.05) is 17.0 Å². The van der Waals surface area contributed by atoms with Crippen molar-refractivity contribution in [3.63, 3.8) is 0 Å². The second kappa shape index (κ2) is 3.41.